The van der Waals surface area contributed by atoms with Gasteiger partial charge in [-0.15, -0.1) is 0 Å². The molecule has 2 aromatic carbocycles. The second-order valence-electron chi connectivity index (χ2n) is 4.29. The molecule has 0 saturated heterocycles. The van der Waals surface area contributed by atoms with Crippen molar-refractivity contribution in [3.63, 3.8) is 0 Å². The predicted octanol–water partition coefficient (Wildman–Crippen LogP) is 3.36. The maximum atomic E-state index is 5.69. The van der Waals surface area contributed by atoms with Gasteiger partial charge in [-0.3, -0.25) is 4.98 Å². The number of hydrogen-bond acceptors (Lipinski definition) is 2. The van der Waals surface area contributed by atoms with Crippen LogP contribution in [0.1, 0.15) is 5.56 Å². The van der Waals surface area contributed by atoms with Gasteiger partial charge in [-0.25, -0.2) is 0 Å². The Kier molecular flexibility index (Phi) is 2.79. The molecule has 0 aliphatic carbocycles. The van der Waals surface area contributed by atoms with E-state index in [1.807, 2.05) is 36.5 Å². The van der Waals surface area contributed by atoms with Crippen molar-refractivity contribution in [2.24, 2.45) is 5.73 Å². The van der Waals surface area contributed by atoms with Crippen LogP contribution in [0.15, 0.2) is 60.8 Å². The Hall–Kier alpha value is -2.19. The van der Waals surface area contributed by atoms with E-state index in [-0.39, 0.29) is 0 Å². The normalized spacial score (nSPS) is 10.7. The third-order valence-corrected chi connectivity index (χ3v) is 3.11. The van der Waals surface area contributed by atoms with Crippen molar-refractivity contribution >= 4 is 10.8 Å². The van der Waals surface area contributed by atoms with Gasteiger partial charge < -0.3 is 5.73 Å². The lowest BCUT2D eigenvalue weighted by molar-refractivity contribution is 1.07. The molecule has 0 aliphatic rings. The maximum absolute atomic E-state index is 5.69. The van der Waals surface area contributed by atoms with Gasteiger partial charge in [-0.1, -0.05) is 42.5 Å². The molecular weight excluding hydrogens is 220 g/mol. The van der Waals surface area contributed by atoms with Crippen molar-refractivity contribution in [1.82, 2.24) is 4.98 Å². The Morgan fingerprint density at radius 3 is 2.72 bits per heavy atom. The highest BCUT2D eigenvalue weighted by molar-refractivity contribution is 5.94. The van der Waals surface area contributed by atoms with Gasteiger partial charge in [0.15, 0.2) is 0 Å². The van der Waals surface area contributed by atoms with E-state index in [4.69, 9.17) is 5.73 Å². The molecule has 2 N–H and O–H groups in total. The lowest BCUT2D eigenvalue weighted by Crippen LogP contribution is -1.96. The molecule has 0 spiro atoms. The topological polar surface area (TPSA) is 38.9 Å². The fraction of sp³-hybridized carbons (Fsp3) is 0.0625. The van der Waals surface area contributed by atoms with Crippen molar-refractivity contribution in [2.45, 2.75) is 6.54 Å². The molecule has 0 radical (unpaired) electrons. The molecular formula is C16H14N2. The van der Waals surface area contributed by atoms with Gasteiger partial charge in [0.25, 0.3) is 0 Å². The van der Waals surface area contributed by atoms with Crippen molar-refractivity contribution in [2.75, 3.05) is 0 Å². The number of nitrogens with zero attached hydrogens (tertiary/aromatic N) is 1. The number of pyridine rings is 1. The Morgan fingerprint density at radius 2 is 1.83 bits per heavy atom. The lowest BCUT2D eigenvalue weighted by Gasteiger charge is -2.07. The van der Waals surface area contributed by atoms with Gasteiger partial charge in [0.05, 0.1) is 5.69 Å². The Balaban J connectivity index is 2.24. The summed E-state index contributed by atoms with van der Waals surface area (Å²) in [7, 11) is 0. The highest BCUT2D eigenvalue weighted by Gasteiger charge is 2.04. The highest BCUT2D eigenvalue weighted by Crippen LogP contribution is 2.26. The summed E-state index contributed by atoms with van der Waals surface area (Å²) in [6.07, 6.45) is 1.85. The van der Waals surface area contributed by atoms with Gasteiger partial charge in [0.1, 0.15) is 0 Å². The molecule has 1 aromatic heterocycles. The van der Waals surface area contributed by atoms with Crippen LogP contribution in [0.5, 0.6) is 0 Å². The molecule has 18 heavy (non-hydrogen) atoms. The Labute approximate surface area is 106 Å². The van der Waals surface area contributed by atoms with Crippen LogP contribution in [0.3, 0.4) is 0 Å². The fourth-order valence-corrected chi connectivity index (χ4v) is 2.20. The first kappa shape index (κ1) is 10.9. The zero-order chi connectivity index (χ0) is 12.4. The molecule has 2 nitrogen and oxygen atoms in total. The molecule has 0 amide bonds. The fourth-order valence-electron chi connectivity index (χ4n) is 2.20. The van der Waals surface area contributed by atoms with Gasteiger partial charge in [-0.2, -0.15) is 0 Å². The SMILES string of the molecule is NCc1cccc(-c2nccc3ccccc23)c1. The largest absolute Gasteiger partial charge is 0.326 e. The van der Waals surface area contributed by atoms with Crippen LogP contribution in [0.25, 0.3) is 22.0 Å². The number of benzene rings is 2. The molecule has 88 valence electrons. The summed E-state index contributed by atoms with van der Waals surface area (Å²) in [6.45, 7) is 0.554. The summed E-state index contributed by atoms with van der Waals surface area (Å²) in [5.74, 6) is 0. The number of hydrogen-bond donors (Lipinski definition) is 1. The van der Waals surface area contributed by atoms with Crippen LogP contribution in [-0.4, -0.2) is 4.98 Å². The van der Waals surface area contributed by atoms with E-state index in [0.717, 1.165) is 16.8 Å². The molecule has 0 fully saturated rings. The van der Waals surface area contributed by atoms with Gasteiger partial charge in [-0.05, 0) is 23.1 Å². The minimum Gasteiger partial charge on any atom is -0.326 e. The van der Waals surface area contributed by atoms with E-state index >= 15 is 0 Å². The third-order valence-electron chi connectivity index (χ3n) is 3.11. The Morgan fingerprint density at radius 1 is 0.944 bits per heavy atom. The number of nitrogens with two attached hydrogens (primary N) is 1. The molecule has 3 rings (SSSR count). The second-order valence-corrected chi connectivity index (χ2v) is 4.29. The van der Waals surface area contributed by atoms with Crippen LogP contribution in [0.2, 0.25) is 0 Å². The van der Waals surface area contributed by atoms with E-state index in [0.29, 0.717) is 6.54 Å². The molecule has 0 saturated carbocycles. The van der Waals surface area contributed by atoms with Crippen molar-refractivity contribution in [1.29, 1.82) is 0 Å². The third kappa shape index (κ3) is 1.87. The van der Waals surface area contributed by atoms with E-state index in [1.165, 1.54) is 10.8 Å². The molecule has 2 heteroatoms. The smallest absolute Gasteiger partial charge is 0.0780 e. The first-order valence-corrected chi connectivity index (χ1v) is 6.01. The minimum absolute atomic E-state index is 0.554. The van der Waals surface area contributed by atoms with Crippen molar-refractivity contribution in [3.8, 4) is 11.3 Å². The van der Waals surface area contributed by atoms with Crippen LogP contribution >= 0.6 is 0 Å². The monoisotopic (exact) mass is 234 g/mol. The summed E-state index contributed by atoms with van der Waals surface area (Å²) in [6, 6.07) is 18.6. The minimum atomic E-state index is 0.554. The van der Waals surface area contributed by atoms with Gasteiger partial charge in [0.2, 0.25) is 0 Å². The molecule has 3 aromatic rings. The van der Waals surface area contributed by atoms with E-state index in [1.54, 1.807) is 0 Å². The second kappa shape index (κ2) is 4.59. The van der Waals surface area contributed by atoms with Crippen molar-refractivity contribution < 1.29 is 0 Å². The molecule has 0 atom stereocenters. The summed E-state index contributed by atoms with van der Waals surface area (Å²) >= 11 is 0. The lowest BCUT2D eigenvalue weighted by atomic mass is 10.0. The summed E-state index contributed by atoms with van der Waals surface area (Å²) < 4.78 is 0. The van der Waals surface area contributed by atoms with Crippen LogP contribution < -0.4 is 5.73 Å². The van der Waals surface area contributed by atoms with Crippen LogP contribution in [0, 0.1) is 0 Å². The highest BCUT2D eigenvalue weighted by atomic mass is 14.7. The molecule has 0 bridgehead atoms. The van der Waals surface area contributed by atoms with Crippen molar-refractivity contribution in [3.05, 3.63) is 66.4 Å². The average molecular weight is 234 g/mol. The maximum Gasteiger partial charge on any atom is 0.0780 e. The van der Waals surface area contributed by atoms with Crippen LogP contribution in [-0.2, 0) is 6.54 Å². The van der Waals surface area contributed by atoms with E-state index < -0.39 is 0 Å². The Bertz CT molecular complexity index is 684. The first-order chi connectivity index (χ1) is 8.88. The van der Waals surface area contributed by atoms with Crippen LogP contribution in [0.4, 0.5) is 0 Å². The standard InChI is InChI=1S/C16H14N2/c17-11-12-4-3-6-14(10-12)16-15-7-2-1-5-13(15)8-9-18-16/h1-10H,11,17H2. The molecule has 0 aliphatic heterocycles. The van der Waals surface area contributed by atoms with E-state index in [2.05, 4.69) is 29.2 Å². The number of aromatic nitrogens is 1. The molecule has 1 heterocycles. The van der Waals surface area contributed by atoms with E-state index in [9.17, 15) is 0 Å². The number of fused-ring (bicyclic) bond motifs is 1. The summed E-state index contributed by atoms with van der Waals surface area (Å²) in [5, 5.41) is 2.38. The van der Waals surface area contributed by atoms with Gasteiger partial charge in [0, 0.05) is 23.7 Å². The zero-order valence-corrected chi connectivity index (χ0v) is 10.0. The zero-order valence-electron chi connectivity index (χ0n) is 10.0. The first-order valence-electron chi connectivity index (χ1n) is 6.01. The molecule has 0 unspecified atom stereocenters. The average Bonchev–Trinajstić information content (AvgIpc) is 2.47. The van der Waals surface area contributed by atoms with Gasteiger partial charge >= 0.3 is 0 Å². The summed E-state index contributed by atoms with van der Waals surface area (Å²) in [5.41, 5.74) is 8.95. The quantitative estimate of drug-likeness (QED) is 0.738. The predicted molar refractivity (Wildman–Crippen MR) is 75.1 cm³/mol. The number of rotatable bonds is 2. The summed E-state index contributed by atoms with van der Waals surface area (Å²) in [4.78, 5) is 4.51.